The van der Waals surface area contributed by atoms with Crippen LogP contribution >= 0.6 is 11.6 Å². The molecule has 2 heterocycles. The maximum atomic E-state index is 12.4. The normalized spacial score (nSPS) is 18.1. The van der Waals surface area contributed by atoms with E-state index in [1.165, 1.54) is 11.9 Å². The Morgan fingerprint density at radius 2 is 1.93 bits per heavy atom. The molecule has 2 aromatic carbocycles. The highest BCUT2D eigenvalue weighted by Crippen LogP contribution is 2.40. The van der Waals surface area contributed by atoms with Crippen LogP contribution < -0.4 is 10.7 Å². The lowest BCUT2D eigenvalue weighted by molar-refractivity contribution is -0.111. The van der Waals surface area contributed by atoms with Gasteiger partial charge < -0.3 is 5.73 Å². The highest BCUT2D eigenvalue weighted by Gasteiger charge is 2.38. The minimum Gasteiger partial charge on any atom is -0.383 e. The Morgan fingerprint density at radius 3 is 2.59 bits per heavy atom. The number of hydrazone groups is 1. The van der Waals surface area contributed by atoms with E-state index in [1.54, 1.807) is 24.3 Å². The number of allylic oxidation sites excluding steroid dienone is 1. The Bertz CT molecular complexity index is 1090. The molecule has 2 aliphatic rings. The van der Waals surface area contributed by atoms with Crippen LogP contribution in [0.3, 0.4) is 0 Å². The van der Waals surface area contributed by atoms with Crippen LogP contribution in [0.4, 0.5) is 5.69 Å². The van der Waals surface area contributed by atoms with E-state index in [0.29, 0.717) is 33.5 Å². The van der Waals surface area contributed by atoms with Gasteiger partial charge in [-0.25, -0.2) is 10.0 Å². The maximum Gasteiger partial charge on any atom is 0.176 e. The number of anilines is 1. The fourth-order valence-corrected chi connectivity index (χ4v) is 3.41. The number of aliphatic imine (C=N–C) groups is 1. The molecule has 0 saturated heterocycles. The number of benzene rings is 2. The van der Waals surface area contributed by atoms with Crippen LogP contribution in [0.15, 0.2) is 70.0 Å². The molecule has 2 aliphatic heterocycles. The molecule has 0 amide bonds. The van der Waals surface area contributed by atoms with Gasteiger partial charge in [-0.2, -0.15) is 10.4 Å². The van der Waals surface area contributed by atoms with Crippen molar-refractivity contribution in [2.75, 3.05) is 5.01 Å². The molecule has 6 nitrogen and oxygen atoms in total. The monoisotopic (exact) mass is 375 g/mol. The van der Waals surface area contributed by atoms with Crippen molar-refractivity contribution in [1.29, 1.82) is 5.26 Å². The molecule has 0 spiro atoms. The maximum absolute atomic E-state index is 12.4. The first-order valence-electron chi connectivity index (χ1n) is 8.24. The van der Waals surface area contributed by atoms with Gasteiger partial charge in [0.2, 0.25) is 0 Å². The largest absolute Gasteiger partial charge is 0.383 e. The summed E-state index contributed by atoms with van der Waals surface area (Å²) in [4.78, 5) is 16.8. The van der Waals surface area contributed by atoms with E-state index in [2.05, 4.69) is 16.2 Å². The topological polar surface area (TPSA) is 94.8 Å². The highest BCUT2D eigenvalue weighted by atomic mass is 35.5. The SMILES string of the molecule is CC(=O)C1=NN2C(=C(C#N)C1c1ccc(Cl)cc1)N=C(N)c1ccccc12. The van der Waals surface area contributed by atoms with Crippen molar-refractivity contribution in [2.24, 2.45) is 15.8 Å². The molecule has 4 rings (SSSR count). The Morgan fingerprint density at radius 1 is 1.22 bits per heavy atom. The molecule has 0 fully saturated rings. The van der Waals surface area contributed by atoms with Gasteiger partial charge in [0, 0.05) is 17.5 Å². The Balaban J connectivity index is 1.98. The van der Waals surface area contributed by atoms with Gasteiger partial charge in [-0.1, -0.05) is 35.9 Å². The molecular formula is C20H14ClN5O. The second-order valence-corrected chi connectivity index (χ2v) is 6.64. The molecular weight excluding hydrogens is 362 g/mol. The number of carbonyl (C=O) groups excluding carboxylic acids is 1. The molecule has 132 valence electrons. The zero-order valence-electron chi connectivity index (χ0n) is 14.3. The average Bonchev–Trinajstić information content (AvgIpc) is 2.67. The number of fused-ring (bicyclic) bond motifs is 3. The summed E-state index contributed by atoms with van der Waals surface area (Å²) in [5, 5.41) is 16.6. The molecule has 7 heteroatoms. The van der Waals surface area contributed by atoms with Gasteiger partial charge in [-0.05, 0) is 29.8 Å². The van der Waals surface area contributed by atoms with Crippen molar-refractivity contribution < 1.29 is 4.79 Å². The molecule has 0 radical (unpaired) electrons. The number of hydrogen-bond donors (Lipinski definition) is 1. The number of rotatable bonds is 2. The number of Topliss-reactive ketones (excluding diaryl/α,β-unsaturated/α-hetero) is 1. The Labute approximate surface area is 160 Å². The number of nitriles is 1. The molecule has 0 bridgehead atoms. The summed E-state index contributed by atoms with van der Waals surface area (Å²) in [7, 11) is 0. The zero-order valence-corrected chi connectivity index (χ0v) is 15.1. The molecule has 0 saturated carbocycles. The number of amidine groups is 1. The van der Waals surface area contributed by atoms with Crippen LogP contribution in [0.1, 0.15) is 24.0 Å². The van der Waals surface area contributed by atoms with Gasteiger partial charge in [0.05, 0.1) is 23.2 Å². The van der Waals surface area contributed by atoms with Crippen LogP contribution in [0.25, 0.3) is 0 Å². The lowest BCUT2D eigenvalue weighted by Gasteiger charge is -2.33. The summed E-state index contributed by atoms with van der Waals surface area (Å²) >= 11 is 5.99. The first-order valence-corrected chi connectivity index (χ1v) is 8.62. The minimum atomic E-state index is -0.627. The molecule has 2 aromatic rings. The third-order valence-electron chi connectivity index (χ3n) is 4.53. The van der Waals surface area contributed by atoms with Crippen molar-refractivity contribution in [3.05, 3.63) is 76.1 Å². The summed E-state index contributed by atoms with van der Waals surface area (Å²) in [5.41, 5.74) is 8.82. The third-order valence-corrected chi connectivity index (χ3v) is 4.78. The van der Waals surface area contributed by atoms with E-state index in [9.17, 15) is 10.1 Å². The van der Waals surface area contributed by atoms with E-state index < -0.39 is 5.92 Å². The Hall–Kier alpha value is -3.43. The highest BCUT2D eigenvalue weighted by molar-refractivity contribution is 6.42. The first-order chi connectivity index (χ1) is 13.0. The number of ketones is 1. The fourth-order valence-electron chi connectivity index (χ4n) is 3.29. The molecule has 1 atom stereocenters. The predicted octanol–water partition coefficient (Wildman–Crippen LogP) is 3.34. The van der Waals surface area contributed by atoms with Gasteiger partial charge in [0.15, 0.2) is 11.6 Å². The van der Waals surface area contributed by atoms with Crippen molar-refractivity contribution in [1.82, 2.24) is 0 Å². The lowest BCUT2D eigenvalue weighted by Crippen LogP contribution is -2.37. The Kier molecular flexibility index (Phi) is 4.02. The number of nitrogens with two attached hydrogens (primary N) is 1. The van der Waals surface area contributed by atoms with Gasteiger partial charge in [0.25, 0.3) is 0 Å². The summed E-state index contributed by atoms with van der Waals surface area (Å²) in [6, 6.07) is 16.5. The predicted molar refractivity (Wildman–Crippen MR) is 105 cm³/mol. The van der Waals surface area contributed by atoms with Crippen molar-refractivity contribution in [3.63, 3.8) is 0 Å². The first kappa shape index (κ1) is 17.0. The van der Waals surface area contributed by atoms with Crippen molar-refractivity contribution >= 4 is 34.6 Å². The van der Waals surface area contributed by atoms with Crippen LogP contribution in [0, 0.1) is 11.3 Å². The van der Waals surface area contributed by atoms with Crippen molar-refractivity contribution in [3.8, 4) is 6.07 Å². The summed E-state index contributed by atoms with van der Waals surface area (Å²) < 4.78 is 0. The fraction of sp³-hybridized carbons (Fsp3) is 0.100. The lowest BCUT2D eigenvalue weighted by atomic mass is 9.84. The van der Waals surface area contributed by atoms with E-state index >= 15 is 0 Å². The van der Waals surface area contributed by atoms with E-state index in [4.69, 9.17) is 17.3 Å². The number of hydrogen-bond acceptors (Lipinski definition) is 6. The van der Waals surface area contributed by atoms with Gasteiger partial charge in [-0.15, -0.1) is 0 Å². The smallest absolute Gasteiger partial charge is 0.176 e. The molecule has 27 heavy (non-hydrogen) atoms. The summed E-state index contributed by atoms with van der Waals surface area (Å²) in [5.74, 6) is -0.209. The zero-order chi connectivity index (χ0) is 19.1. The molecule has 0 aromatic heterocycles. The van der Waals surface area contributed by atoms with Crippen LogP contribution in [-0.2, 0) is 4.79 Å². The second-order valence-electron chi connectivity index (χ2n) is 6.20. The third kappa shape index (κ3) is 2.69. The number of nitrogens with zero attached hydrogens (tertiary/aromatic N) is 4. The van der Waals surface area contributed by atoms with Crippen molar-refractivity contribution in [2.45, 2.75) is 12.8 Å². The number of para-hydroxylation sites is 1. The standard InChI is InChI=1S/C20H14ClN5O/c1-11(27)18-17(12-6-8-13(21)9-7-12)15(10-22)20-24-19(23)14-4-2-3-5-16(14)26(20)25-18/h2-9,17H,1H3,(H2,23,24). The van der Waals surface area contributed by atoms with Crippen LogP contribution in [-0.4, -0.2) is 17.3 Å². The molecule has 0 aliphatic carbocycles. The number of halogens is 1. The second kappa shape index (κ2) is 6.38. The van der Waals surface area contributed by atoms with Crippen LogP contribution in [0.2, 0.25) is 5.02 Å². The average molecular weight is 376 g/mol. The minimum absolute atomic E-state index is 0.221. The number of carbonyl (C=O) groups is 1. The summed E-state index contributed by atoms with van der Waals surface area (Å²) in [6.07, 6.45) is 0. The van der Waals surface area contributed by atoms with Crippen LogP contribution in [0.5, 0.6) is 0 Å². The van der Waals surface area contributed by atoms with E-state index in [1.807, 2.05) is 24.3 Å². The summed E-state index contributed by atoms with van der Waals surface area (Å²) in [6.45, 7) is 1.44. The quantitative estimate of drug-likeness (QED) is 0.870. The van der Waals surface area contributed by atoms with Gasteiger partial charge >= 0.3 is 0 Å². The van der Waals surface area contributed by atoms with Gasteiger partial charge in [-0.3, -0.25) is 4.79 Å². The van der Waals surface area contributed by atoms with E-state index in [0.717, 1.165) is 5.56 Å². The molecule has 2 N–H and O–H groups in total. The molecule has 1 unspecified atom stereocenters. The van der Waals surface area contributed by atoms with E-state index in [-0.39, 0.29) is 11.5 Å². The van der Waals surface area contributed by atoms with Gasteiger partial charge in [0.1, 0.15) is 11.5 Å².